The van der Waals surface area contributed by atoms with Crippen LogP contribution in [0.3, 0.4) is 0 Å². The molecule has 33 heavy (non-hydrogen) atoms. The Morgan fingerprint density at radius 2 is 1.52 bits per heavy atom. The van der Waals surface area contributed by atoms with E-state index in [1.165, 1.54) is 35.7 Å². The first-order chi connectivity index (χ1) is 15.9. The van der Waals surface area contributed by atoms with Gasteiger partial charge in [-0.25, -0.2) is 4.98 Å². The van der Waals surface area contributed by atoms with E-state index in [1.54, 1.807) is 0 Å². The summed E-state index contributed by atoms with van der Waals surface area (Å²) in [5.41, 5.74) is 5.88. The first-order valence-corrected chi connectivity index (χ1v) is 12.7. The molecule has 1 fully saturated rings. The third-order valence-corrected chi connectivity index (χ3v) is 7.54. The molecule has 0 spiro atoms. The van der Waals surface area contributed by atoms with E-state index in [1.807, 2.05) is 12.1 Å². The molecule has 1 heterocycles. The molecule has 3 atom stereocenters. The largest absolute Gasteiger partial charge is 0.352 e. The van der Waals surface area contributed by atoms with Gasteiger partial charge in [0.1, 0.15) is 11.4 Å². The van der Waals surface area contributed by atoms with Crippen molar-refractivity contribution in [1.29, 1.82) is 0 Å². The summed E-state index contributed by atoms with van der Waals surface area (Å²) >= 11 is 1.34. The van der Waals surface area contributed by atoms with Crippen molar-refractivity contribution in [1.82, 2.24) is 20.5 Å². The maximum atomic E-state index is 12.6. The molecular weight excluding hydrogens is 428 g/mol. The summed E-state index contributed by atoms with van der Waals surface area (Å²) in [7, 11) is 0. The molecule has 0 saturated heterocycles. The van der Waals surface area contributed by atoms with Gasteiger partial charge in [-0.1, -0.05) is 98.1 Å². The van der Waals surface area contributed by atoms with E-state index in [0.717, 1.165) is 28.9 Å². The van der Waals surface area contributed by atoms with Gasteiger partial charge in [0.05, 0.1) is 5.75 Å². The van der Waals surface area contributed by atoms with E-state index in [9.17, 15) is 4.79 Å². The smallest absolute Gasteiger partial charge is 0.230 e. The Morgan fingerprint density at radius 3 is 2.15 bits per heavy atom. The molecule has 2 aromatic carbocycles. The van der Waals surface area contributed by atoms with Crippen LogP contribution in [-0.2, 0) is 4.79 Å². The number of benzene rings is 2. The Morgan fingerprint density at radius 1 is 0.909 bits per heavy atom. The van der Waals surface area contributed by atoms with Crippen LogP contribution < -0.4 is 5.32 Å². The van der Waals surface area contributed by atoms with Gasteiger partial charge in [-0.05, 0) is 32.1 Å². The van der Waals surface area contributed by atoms with E-state index in [2.05, 4.69) is 79.6 Å². The lowest BCUT2D eigenvalue weighted by Crippen LogP contribution is -2.44. The van der Waals surface area contributed by atoms with Crippen molar-refractivity contribution in [2.75, 3.05) is 5.75 Å². The minimum Gasteiger partial charge on any atom is -0.352 e. The quantitative estimate of drug-likeness (QED) is 0.467. The van der Waals surface area contributed by atoms with Crippen LogP contribution in [0.4, 0.5) is 0 Å². The van der Waals surface area contributed by atoms with E-state index < -0.39 is 0 Å². The molecule has 172 valence electrons. The normalized spacial score (nSPS) is 20.4. The van der Waals surface area contributed by atoms with Crippen LogP contribution >= 0.6 is 11.8 Å². The summed E-state index contributed by atoms with van der Waals surface area (Å²) in [5, 5.41) is 12.6. The predicted octanol–water partition coefficient (Wildman–Crippen LogP) is 5.86. The average Bonchev–Trinajstić information content (AvgIpc) is 2.82. The Labute approximate surface area is 200 Å². The lowest BCUT2D eigenvalue weighted by Gasteiger charge is -2.34. The van der Waals surface area contributed by atoms with Crippen LogP contribution in [0.2, 0.25) is 0 Å². The second-order valence-electron chi connectivity index (χ2n) is 9.25. The zero-order valence-corrected chi connectivity index (χ0v) is 20.7. The van der Waals surface area contributed by atoms with Crippen LogP contribution in [0.15, 0.2) is 53.7 Å². The molecular formula is C27H32N4OS. The van der Waals surface area contributed by atoms with Crippen molar-refractivity contribution in [3.63, 3.8) is 0 Å². The lowest BCUT2D eigenvalue weighted by molar-refractivity contribution is -0.120. The Balaban J connectivity index is 1.53. The number of hydrogen-bond donors (Lipinski definition) is 1. The summed E-state index contributed by atoms with van der Waals surface area (Å²) < 4.78 is 0. The second-order valence-corrected chi connectivity index (χ2v) is 10.2. The van der Waals surface area contributed by atoms with Crippen molar-refractivity contribution in [2.45, 2.75) is 58.2 Å². The summed E-state index contributed by atoms with van der Waals surface area (Å²) in [6.45, 7) is 8.65. The van der Waals surface area contributed by atoms with Gasteiger partial charge >= 0.3 is 0 Å². The highest BCUT2D eigenvalue weighted by Gasteiger charge is 2.28. The minimum absolute atomic E-state index is 0.0362. The van der Waals surface area contributed by atoms with Gasteiger partial charge in [0.15, 0.2) is 0 Å². The molecule has 0 bridgehead atoms. The molecule has 1 N–H and O–H groups in total. The highest BCUT2D eigenvalue weighted by molar-refractivity contribution is 7.99. The molecule has 3 aromatic rings. The number of thioether (sulfide) groups is 1. The monoisotopic (exact) mass is 460 g/mol. The number of nitrogens with zero attached hydrogens (tertiary/aromatic N) is 3. The number of amides is 1. The third-order valence-electron chi connectivity index (χ3n) is 6.70. The van der Waals surface area contributed by atoms with Gasteiger partial charge in [0.25, 0.3) is 0 Å². The third kappa shape index (κ3) is 5.80. The van der Waals surface area contributed by atoms with Gasteiger partial charge < -0.3 is 5.32 Å². The second kappa shape index (κ2) is 10.5. The minimum atomic E-state index is 0.0362. The molecule has 3 unspecified atom stereocenters. The molecule has 1 aliphatic rings. The van der Waals surface area contributed by atoms with Gasteiger partial charge in [0.2, 0.25) is 11.1 Å². The fourth-order valence-electron chi connectivity index (χ4n) is 4.36. The topological polar surface area (TPSA) is 67.8 Å². The number of carbonyl (C=O) groups is 1. The first-order valence-electron chi connectivity index (χ1n) is 11.7. The molecule has 0 radical (unpaired) electrons. The highest BCUT2D eigenvalue weighted by Crippen LogP contribution is 2.31. The SMILES string of the molecule is Cc1ccc(-c2nnc(SCC(=O)NC3CCCC(C)C3C)nc2-c2ccc(C)cc2)cc1. The molecule has 4 rings (SSSR count). The number of rotatable bonds is 6. The van der Waals surface area contributed by atoms with Crippen LogP contribution in [0.5, 0.6) is 0 Å². The van der Waals surface area contributed by atoms with Gasteiger partial charge in [0, 0.05) is 17.2 Å². The Bertz CT molecular complexity index is 1100. The lowest BCUT2D eigenvalue weighted by atomic mass is 9.78. The van der Waals surface area contributed by atoms with E-state index in [4.69, 9.17) is 4.98 Å². The fraction of sp³-hybridized carbons (Fsp3) is 0.407. The number of nitrogens with one attached hydrogen (secondary N) is 1. The molecule has 6 heteroatoms. The number of aromatic nitrogens is 3. The maximum absolute atomic E-state index is 12.6. The Kier molecular flexibility index (Phi) is 7.43. The number of carbonyl (C=O) groups excluding carboxylic acids is 1. The standard InChI is InChI=1S/C27H32N4OS/c1-17-8-12-21(13-9-17)25-26(22-14-10-18(2)11-15-22)30-31-27(29-25)33-16-24(32)28-23-7-5-6-19(3)20(23)4/h8-15,19-20,23H,5-7,16H2,1-4H3,(H,28,32). The van der Waals surface area contributed by atoms with Crippen molar-refractivity contribution < 1.29 is 4.79 Å². The van der Waals surface area contributed by atoms with E-state index in [0.29, 0.717) is 17.0 Å². The van der Waals surface area contributed by atoms with Gasteiger partial charge in [-0.15, -0.1) is 10.2 Å². The van der Waals surface area contributed by atoms with E-state index in [-0.39, 0.29) is 17.7 Å². The summed E-state index contributed by atoms with van der Waals surface area (Å²) in [4.78, 5) is 17.5. The molecule has 1 aliphatic carbocycles. The zero-order valence-electron chi connectivity index (χ0n) is 19.8. The van der Waals surface area contributed by atoms with Gasteiger partial charge in [-0.2, -0.15) is 0 Å². The summed E-state index contributed by atoms with van der Waals surface area (Å²) in [5.74, 6) is 1.48. The van der Waals surface area contributed by atoms with Gasteiger partial charge in [-0.3, -0.25) is 4.79 Å². The Hall–Kier alpha value is -2.73. The zero-order chi connectivity index (χ0) is 23.4. The average molecular weight is 461 g/mol. The highest BCUT2D eigenvalue weighted by atomic mass is 32.2. The summed E-state index contributed by atoms with van der Waals surface area (Å²) in [6.07, 6.45) is 3.48. The molecule has 1 aromatic heterocycles. The molecule has 1 saturated carbocycles. The summed E-state index contributed by atoms with van der Waals surface area (Å²) in [6, 6.07) is 16.7. The van der Waals surface area contributed by atoms with E-state index >= 15 is 0 Å². The van der Waals surface area contributed by atoms with Crippen LogP contribution in [0.1, 0.15) is 44.2 Å². The van der Waals surface area contributed by atoms with Crippen LogP contribution in [0, 0.1) is 25.7 Å². The van der Waals surface area contributed by atoms with Crippen molar-refractivity contribution in [3.05, 3.63) is 59.7 Å². The van der Waals surface area contributed by atoms with Crippen LogP contribution in [0.25, 0.3) is 22.5 Å². The van der Waals surface area contributed by atoms with Crippen LogP contribution in [-0.4, -0.2) is 32.9 Å². The maximum Gasteiger partial charge on any atom is 0.230 e. The first kappa shape index (κ1) is 23.4. The molecule has 5 nitrogen and oxygen atoms in total. The fourth-order valence-corrected chi connectivity index (χ4v) is 4.95. The van der Waals surface area contributed by atoms with Crippen molar-refractivity contribution >= 4 is 17.7 Å². The number of hydrogen-bond acceptors (Lipinski definition) is 5. The van der Waals surface area contributed by atoms with Crippen molar-refractivity contribution in [3.8, 4) is 22.5 Å². The molecule has 0 aliphatic heterocycles. The number of aryl methyl sites for hydroxylation is 2. The van der Waals surface area contributed by atoms with Crippen molar-refractivity contribution in [2.24, 2.45) is 11.8 Å². The predicted molar refractivity (Wildman–Crippen MR) is 135 cm³/mol. The molecule has 1 amide bonds.